The maximum absolute atomic E-state index is 13.2. The van der Waals surface area contributed by atoms with Crippen LogP contribution in [0.1, 0.15) is 45.9 Å². The van der Waals surface area contributed by atoms with Crippen LogP contribution in [0.5, 0.6) is 0 Å². The fraction of sp³-hybridized carbons (Fsp3) is 0.444. The van der Waals surface area contributed by atoms with Crippen molar-refractivity contribution >= 4 is 39.3 Å². The number of aromatic amines is 1. The van der Waals surface area contributed by atoms with Crippen LogP contribution in [-0.4, -0.2) is 48.0 Å². The lowest BCUT2D eigenvalue weighted by molar-refractivity contribution is 0.103. The van der Waals surface area contributed by atoms with Crippen molar-refractivity contribution in [2.45, 2.75) is 29.4 Å². The molecule has 0 amide bonds. The number of nitrogens with zero attached hydrogens (tertiary/aromatic N) is 1. The van der Waals surface area contributed by atoms with Crippen molar-refractivity contribution in [3.63, 3.8) is 0 Å². The lowest BCUT2D eigenvalue weighted by Crippen LogP contribution is -2.20. The highest BCUT2D eigenvalue weighted by atomic mass is 35.5. The number of hydrogen-bond acceptors (Lipinski definition) is 5. The van der Waals surface area contributed by atoms with Gasteiger partial charge in [0.15, 0.2) is 11.1 Å². The van der Waals surface area contributed by atoms with E-state index < -0.39 is 33.2 Å². The number of carbonyl (C=O) groups is 1. The Labute approximate surface area is 177 Å². The lowest BCUT2D eigenvalue weighted by atomic mass is 10.0. The molecule has 1 aliphatic carbocycles. The molecule has 0 bridgehead atoms. The molecular weight excluding hydrogens is 440 g/mol. The number of aromatic nitrogens is 2. The second kappa shape index (κ2) is 9.05. The molecule has 0 saturated heterocycles. The van der Waals surface area contributed by atoms with Crippen LogP contribution in [0.2, 0.25) is 5.02 Å². The molecule has 1 heterocycles. The number of benzene rings is 1. The summed E-state index contributed by atoms with van der Waals surface area (Å²) in [7, 11) is 1.35. The number of halogens is 1. The molecule has 2 unspecified atom stereocenters. The largest absolute Gasteiger partial charge is 0.384 e. The number of rotatable bonds is 9. The van der Waals surface area contributed by atoms with Crippen molar-refractivity contribution in [3.05, 3.63) is 49.9 Å². The third kappa shape index (κ3) is 4.61. The summed E-state index contributed by atoms with van der Waals surface area (Å²) in [6.45, 7) is 0.187. The number of hydrogen-bond donors (Lipinski definition) is 2. The van der Waals surface area contributed by atoms with Crippen molar-refractivity contribution in [1.29, 1.82) is 0 Å². The second-order valence-corrected chi connectivity index (χ2v) is 9.61. The van der Waals surface area contributed by atoms with Gasteiger partial charge in [0.1, 0.15) is 5.56 Å². The fourth-order valence-electron chi connectivity index (χ4n) is 3.12. The van der Waals surface area contributed by atoms with E-state index in [1.807, 2.05) is 0 Å². The molecule has 0 spiro atoms. The summed E-state index contributed by atoms with van der Waals surface area (Å²) < 4.78 is 39.6. The van der Waals surface area contributed by atoms with Crippen molar-refractivity contribution in [1.82, 2.24) is 9.78 Å². The average molecular weight is 461 g/mol. The Balaban J connectivity index is 2.11. The molecule has 1 aromatic carbocycles. The number of carbonyl (C=O) groups excluding carboxylic acids is 1. The number of nitrogens with one attached hydrogen (secondary N) is 1. The number of aryl methyl sites for hydroxylation is 1. The normalized spacial score (nSPS) is 16.0. The summed E-state index contributed by atoms with van der Waals surface area (Å²) in [5.74, 6) is -0.590. The van der Waals surface area contributed by atoms with Gasteiger partial charge in [-0.1, -0.05) is 17.7 Å². The predicted molar refractivity (Wildman–Crippen MR) is 111 cm³/mol. The van der Waals surface area contributed by atoms with E-state index in [9.17, 15) is 22.6 Å². The van der Waals surface area contributed by atoms with E-state index >= 15 is 0 Å². The highest BCUT2D eigenvalue weighted by Crippen LogP contribution is 2.41. The zero-order chi connectivity index (χ0) is 21.3. The third-order valence-electron chi connectivity index (χ3n) is 4.69. The first-order chi connectivity index (χ1) is 13.8. The first-order valence-electron chi connectivity index (χ1n) is 8.86. The van der Waals surface area contributed by atoms with Crippen LogP contribution in [0.15, 0.2) is 21.8 Å². The van der Waals surface area contributed by atoms with Crippen molar-refractivity contribution in [3.8, 4) is 0 Å². The van der Waals surface area contributed by atoms with Gasteiger partial charge in [-0.3, -0.25) is 23.6 Å². The van der Waals surface area contributed by atoms with Gasteiger partial charge >= 0.3 is 0 Å². The Morgan fingerprint density at radius 2 is 2.07 bits per heavy atom. The van der Waals surface area contributed by atoms with E-state index in [0.717, 1.165) is 12.8 Å². The van der Waals surface area contributed by atoms with Crippen LogP contribution in [0.25, 0.3) is 0 Å². The van der Waals surface area contributed by atoms with E-state index in [0.29, 0.717) is 11.3 Å². The van der Waals surface area contributed by atoms with Crippen molar-refractivity contribution in [2.24, 2.45) is 7.05 Å². The van der Waals surface area contributed by atoms with Gasteiger partial charge in [-0.15, -0.1) is 0 Å². The van der Waals surface area contributed by atoms with Crippen LogP contribution >= 0.6 is 11.6 Å². The number of ketones is 1. The van der Waals surface area contributed by atoms with Gasteiger partial charge in [0.2, 0.25) is 5.78 Å². The molecule has 0 aliphatic heterocycles. The van der Waals surface area contributed by atoms with E-state index in [2.05, 4.69) is 5.10 Å². The van der Waals surface area contributed by atoms with Gasteiger partial charge in [0.25, 0.3) is 5.56 Å². The minimum atomic E-state index is -2.18. The van der Waals surface area contributed by atoms with Gasteiger partial charge in [-0.05, 0) is 24.5 Å². The van der Waals surface area contributed by atoms with Gasteiger partial charge in [-0.25, -0.2) is 4.21 Å². The van der Waals surface area contributed by atoms with Gasteiger partial charge in [0.05, 0.1) is 44.5 Å². The maximum atomic E-state index is 13.2. The molecular formula is C18H21ClN2O6S2. The molecule has 1 aliphatic rings. The SMILES string of the molecule is COCCS(=O)c1c(CS(=O)O)ccc(C(=O)c2c(C3CC3)[nH]n(C)c2=O)c1Cl. The van der Waals surface area contributed by atoms with Crippen molar-refractivity contribution < 1.29 is 22.5 Å². The minimum Gasteiger partial charge on any atom is -0.384 e. The molecule has 1 saturated carbocycles. The monoisotopic (exact) mass is 460 g/mol. The Kier molecular flexibility index (Phi) is 6.90. The topological polar surface area (TPSA) is 118 Å². The van der Waals surface area contributed by atoms with Gasteiger partial charge in [0, 0.05) is 25.6 Å². The molecule has 8 nitrogen and oxygen atoms in total. The minimum absolute atomic E-state index is 0.0315. The van der Waals surface area contributed by atoms with Gasteiger partial charge < -0.3 is 9.29 Å². The summed E-state index contributed by atoms with van der Waals surface area (Å²) in [6.07, 6.45) is 1.78. The van der Waals surface area contributed by atoms with E-state index in [4.69, 9.17) is 16.3 Å². The van der Waals surface area contributed by atoms with Crippen LogP contribution in [0.3, 0.4) is 0 Å². The summed E-state index contributed by atoms with van der Waals surface area (Å²) in [4.78, 5) is 25.9. The van der Waals surface area contributed by atoms with Crippen LogP contribution in [-0.2, 0) is 39.4 Å². The van der Waals surface area contributed by atoms with Crippen LogP contribution in [0.4, 0.5) is 0 Å². The zero-order valence-corrected chi connectivity index (χ0v) is 18.3. The maximum Gasteiger partial charge on any atom is 0.277 e. The molecule has 0 radical (unpaired) electrons. The highest BCUT2D eigenvalue weighted by Gasteiger charge is 2.34. The molecule has 11 heteroatoms. The number of H-pyrrole nitrogens is 1. The Morgan fingerprint density at radius 1 is 1.38 bits per heavy atom. The quantitative estimate of drug-likeness (QED) is 0.436. The molecule has 1 aromatic heterocycles. The highest BCUT2D eigenvalue weighted by molar-refractivity contribution is 7.85. The summed E-state index contributed by atoms with van der Waals surface area (Å²) in [6, 6.07) is 2.87. The Morgan fingerprint density at radius 3 is 2.66 bits per heavy atom. The van der Waals surface area contributed by atoms with Crippen molar-refractivity contribution in [2.75, 3.05) is 19.5 Å². The molecule has 158 valence electrons. The summed E-state index contributed by atoms with van der Waals surface area (Å²) in [5, 5.41) is 2.87. The number of methoxy groups -OCH3 is 1. The first-order valence-corrected chi connectivity index (χ1v) is 11.8. The Bertz CT molecular complexity index is 1060. The standard InChI is InChI=1S/C18H21ClN2O6S2/c1-21-18(23)13(15(20-21)10-3-4-10)16(22)12-6-5-11(9-29(25)26)17(14(12)19)28(24)8-7-27-2/h5-6,10,20H,3-4,7-9H2,1-2H3,(H,25,26). The zero-order valence-electron chi connectivity index (χ0n) is 15.9. The first kappa shape index (κ1) is 22.1. The van der Waals surface area contributed by atoms with E-state index in [1.54, 1.807) is 0 Å². The van der Waals surface area contributed by atoms with Gasteiger partial charge in [-0.2, -0.15) is 0 Å². The fourth-order valence-corrected chi connectivity index (χ4v) is 5.51. The summed E-state index contributed by atoms with van der Waals surface area (Å²) in [5.41, 5.74) is 0.519. The third-order valence-corrected chi connectivity index (χ3v) is 7.21. The predicted octanol–water partition coefficient (Wildman–Crippen LogP) is 1.95. The molecule has 29 heavy (non-hydrogen) atoms. The molecule has 2 aromatic rings. The van der Waals surface area contributed by atoms with E-state index in [1.165, 1.54) is 31.0 Å². The number of ether oxygens (including phenoxy) is 1. The van der Waals surface area contributed by atoms with Crippen LogP contribution in [0, 0.1) is 0 Å². The molecule has 1 fully saturated rings. The molecule has 2 atom stereocenters. The lowest BCUT2D eigenvalue weighted by Gasteiger charge is -2.13. The molecule has 2 N–H and O–H groups in total. The van der Waals surface area contributed by atoms with E-state index in [-0.39, 0.29) is 45.1 Å². The second-order valence-electron chi connectivity index (χ2n) is 6.79. The Hall–Kier alpha value is -1.59. The smallest absolute Gasteiger partial charge is 0.277 e. The average Bonchev–Trinajstić information content (AvgIpc) is 3.45. The summed E-state index contributed by atoms with van der Waals surface area (Å²) >= 11 is 4.29. The van der Waals surface area contributed by atoms with Crippen LogP contribution < -0.4 is 5.56 Å². The molecule has 3 rings (SSSR count).